The highest BCUT2D eigenvalue weighted by Gasteiger charge is 2.04. The van der Waals surface area contributed by atoms with E-state index < -0.39 is 0 Å². The number of aryl methyl sites for hydroxylation is 1. The van der Waals surface area contributed by atoms with Crippen LogP contribution in [0.15, 0.2) is 72.8 Å². The molecule has 148 valence electrons. The Morgan fingerprint density at radius 3 is 1.72 bits per heavy atom. The summed E-state index contributed by atoms with van der Waals surface area (Å²) in [5, 5.41) is 8.80. The third-order valence-corrected chi connectivity index (χ3v) is 4.05. The number of benzene rings is 3. The van der Waals surface area contributed by atoms with Gasteiger partial charge in [0.05, 0.1) is 0 Å². The van der Waals surface area contributed by atoms with Crippen LogP contribution in [0.4, 0.5) is 22.7 Å². The Hall–Kier alpha value is -3.80. The Bertz CT molecular complexity index is 966. The lowest BCUT2D eigenvalue weighted by atomic mass is 10.2. The number of hydrogen-bond donors (Lipinski definition) is 3. The van der Waals surface area contributed by atoms with Crippen LogP contribution in [0.2, 0.25) is 0 Å². The SMILES string of the molecule is CC(=O)Nc1ccc(Nc2ccc(NC(=O)COc3ccc(C)cc3)cc2)cc1. The van der Waals surface area contributed by atoms with E-state index in [4.69, 9.17) is 4.74 Å². The molecular formula is C23H23N3O3. The molecule has 2 amide bonds. The lowest BCUT2D eigenvalue weighted by molar-refractivity contribution is -0.118. The smallest absolute Gasteiger partial charge is 0.262 e. The fourth-order valence-corrected chi connectivity index (χ4v) is 2.62. The van der Waals surface area contributed by atoms with Gasteiger partial charge in [-0.25, -0.2) is 0 Å². The summed E-state index contributed by atoms with van der Waals surface area (Å²) >= 11 is 0. The maximum atomic E-state index is 12.1. The second-order valence-corrected chi connectivity index (χ2v) is 6.61. The summed E-state index contributed by atoms with van der Waals surface area (Å²) in [5.41, 5.74) is 4.34. The third-order valence-electron chi connectivity index (χ3n) is 4.05. The van der Waals surface area contributed by atoms with Crippen molar-refractivity contribution in [2.24, 2.45) is 0 Å². The van der Waals surface area contributed by atoms with Gasteiger partial charge in [0.25, 0.3) is 5.91 Å². The second kappa shape index (κ2) is 9.41. The van der Waals surface area contributed by atoms with Crippen molar-refractivity contribution in [1.29, 1.82) is 0 Å². The molecule has 0 fully saturated rings. The van der Waals surface area contributed by atoms with Gasteiger partial charge in [0.2, 0.25) is 5.91 Å². The molecule has 3 aromatic carbocycles. The predicted molar refractivity (Wildman–Crippen MR) is 116 cm³/mol. The summed E-state index contributed by atoms with van der Waals surface area (Å²) in [6, 6.07) is 22.3. The van der Waals surface area contributed by atoms with Crippen molar-refractivity contribution in [2.45, 2.75) is 13.8 Å². The van der Waals surface area contributed by atoms with Gasteiger partial charge in [-0.1, -0.05) is 17.7 Å². The van der Waals surface area contributed by atoms with Gasteiger partial charge in [-0.15, -0.1) is 0 Å². The molecule has 0 aromatic heterocycles. The zero-order chi connectivity index (χ0) is 20.6. The summed E-state index contributed by atoms with van der Waals surface area (Å²) in [5.74, 6) is 0.335. The third kappa shape index (κ3) is 6.39. The number of carbonyl (C=O) groups is 2. The summed E-state index contributed by atoms with van der Waals surface area (Å²) < 4.78 is 5.48. The molecule has 0 bridgehead atoms. The zero-order valence-electron chi connectivity index (χ0n) is 16.4. The number of carbonyl (C=O) groups excluding carboxylic acids is 2. The maximum absolute atomic E-state index is 12.1. The van der Waals surface area contributed by atoms with Crippen LogP contribution in [-0.2, 0) is 9.59 Å². The Balaban J connectivity index is 1.49. The van der Waals surface area contributed by atoms with E-state index >= 15 is 0 Å². The predicted octanol–water partition coefficient (Wildman–Crippen LogP) is 4.71. The minimum absolute atomic E-state index is 0.0519. The quantitative estimate of drug-likeness (QED) is 0.547. The Kier molecular flexibility index (Phi) is 6.47. The standard InChI is InChI=1S/C23H23N3O3/c1-16-3-13-22(14-4-16)29-15-23(28)26-21-11-9-20(10-12-21)25-19-7-5-18(6-8-19)24-17(2)27/h3-14,25H,15H2,1-2H3,(H,24,27)(H,26,28). The number of anilines is 4. The molecule has 0 heterocycles. The molecule has 0 saturated heterocycles. The number of hydrogen-bond acceptors (Lipinski definition) is 4. The number of ether oxygens (including phenoxy) is 1. The van der Waals surface area contributed by atoms with Crippen molar-refractivity contribution in [3.8, 4) is 5.75 Å². The van der Waals surface area contributed by atoms with Crippen molar-refractivity contribution >= 4 is 34.6 Å². The van der Waals surface area contributed by atoms with Crippen LogP contribution in [0.25, 0.3) is 0 Å². The van der Waals surface area contributed by atoms with E-state index in [1.54, 1.807) is 0 Å². The van der Waals surface area contributed by atoms with E-state index in [9.17, 15) is 9.59 Å². The fraction of sp³-hybridized carbons (Fsp3) is 0.130. The van der Waals surface area contributed by atoms with Gasteiger partial charge in [0, 0.05) is 29.7 Å². The molecule has 3 aromatic rings. The molecule has 0 unspecified atom stereocenters. The lowest BCUT2D eigenvalue weighted by Crippen LogP contribution is -2.20. The molecule has 0 aliphatic heterocycles. The first kappa shape index (κ1) is 19.9. The highest BCUT2D eigenvalue weighted by atomic mass is 16.5. The largest absolute Gasteiger partial charge is 0.484 e. The average Bonchev–Trinajstić information content (AvgIpc) is 2.70. The molecule has 0 atom stereocenters. The number of rotatable bonds is 7. The summed E-state index contributed by atoms with van der Waals surface area (Å²) in [7, 11) is 0. The molecule has 0 aliphatic rings. The van der Waals surface area contributed by atoms with Crippen LogP contribution in [0.3, 0.4) is 0 Å². The normalized spacial score (nSPS) is 10.1. The van der Waals surface area contributed by atoms with Crippen LogP contribution in [-0.4, -0.2) is 18.4 Å². The van der Waals surface area contributed by atoms with E-state index in [2.05, 4.69) is 16.0 Å². The van der Waals surface area contributed by atoms with E-state index in [-0.39, 0.29) is 18.4 Å². The molecule has 0 saturated carbocycles. The van der Waals surface area contributed by atoms with E-state index in [0.29, 0.717) is 11.4 Å². The van der Waals surface area contributed by atoms with Crippen molar-refractivity contribution < 1.29 is 14.3 Å². The van der Waals surface area contributed by atoms with Crippen LogP contribution < -0.4 is 20.7 Å². The Morgan fingerprint density at radius 1 is 0.724 bits per heavy atom. The first-order valence-electron chi connectivity index (χ1n) is 9.22. The summed E-state index contributed by atoms with van der Waals surface area (Å²) in [6.07, 6.45) is 0. The molecule has 3 N–H and O–H groups in total. The van der Waals surface area contributed by atoms with Crippen molar-refractivity contribution in [2.75, 3.05) is 22.6 Å². The molecule has 6 nitrogen and oxygen atoms in total. The molecule has 0 spiro atoms. The van der Waals surface area contributed by atoms with Gasteiger partial charge in [0.15, 0.2) is 6.61 Å². The molecular weight excluding hydrogens is 366 g/mol. The highest BCUT2D eigenvalue weighted by molar-refractivity contribution is 5.92. The number of nitrogens with one attached hydrogen (secondary N) is 3. The van der Waals surface area contributed by atoms with Gasteiger partial charge in [-0.2, -0.15) is 0 Å². The van der Waals surface area contributed by atoms with E-state index in [1.807, 2.05) is 79.7 Å². The molecule has 3 rings (SSSR count). The fourth-order valence-electron chi connectivity index (χ4n) is 2.62. The van der Waals surface area contributed by atoms with Crippen LogP contribution in [0.1, 0.15) is 12.5 Å². The van der Waals surface area contributed by atoms with Crippen molar-refractivity contribution in [1.82, 2.24) is 0 Å². The van der Waals surface area contributed by atoms with Crippen LogP contribution >= 0.6 is 0 Å². The van der Waals surface area contributed by atoms with Crippen molar-refractivity contribution in [3.05, 3.63) is 78.4 Å². The van der Waals surface area contributed by atoms with Gasteiger partial charge < -0.3 is 20.7 Å². The average molecular weight is 389 g/mol. The second-order valence-electron chi connectivity index (χ2n) is 6.61. The van der Waals surface area contributed by atoms with Crippen molar-refractivity contribution in [3.63, 3.8) is 0 Å². The molecule has 0 aliphatic carbocycles. The van der Waals surface area contributed by atoms with Gasteiger partial charge in [0.1, 0.15) is 5.75 Å². The van der Waals surface area contributed by atoms with E-state index in [1.165, 1.54) is 6.92 Å². The molecule has 29 heavy (non-hydrogen) atoms. The monoisotopic (exact) mass is 389 g/mol. The Labute approximate surface area is 169 Å². The molecule has 0 radical (unpaired) electrons. The zero-order valence-corrected chi connectivity index (χ0v) is 16.4. The topological polar surface area (TPSA) is 79.5 Å². The van der Waals surface area contributed by atoms with Gasteiger partial charge >= 0.3 is 0 Å². The summed E-state index contributed by atoms with van der Waals surface area (Å²) in [4.78, 5) is 23.1. The summed E-state index contributed by atoms with van der Waals surface area (Å²) in [6.45, 7) is 3.42. The van der Waals surface area contributed by atoms with Crippen LogP contribution in [0.5, 0.6) is 5.75 Å². The van der Waals surface area contributed by atoms with E-state index in [0.717, 1.165) is 22.6 Å². The molecule has 6 heteroatoms. The van der Waals surface area contributed by atoms with Crippen LogP contribution in [0, 0.1) is 6.92 Å². The first-order valence-corrected chi connectivity index (χ1v) is 9.22. The first-order chi connectivity index (χ1) is 14.0. The maximum Gasteiger partial charge on any atom is 0.262 e. The van der Waals surface area contributed by atoms with Gasteiger partial charge in [-0.05, 0) is 67.6 Å². The number of amides is 2. The lowest BCUT2D eigenvalue weighted by Gasteiger charge is -2.10. The highest BCUT2D eigenvalue weighted by Crippen LogP contribution is 2.21. The van der Waals surface area contributed by atoms with Gasteiger partial charge in [-0.3, -0.25) is 9.59 Å². The minimum atomic E-state index is -0.222. The Morgan fingerprint density at radius 2 is 1.21 bits per heavy atom. The minimum Gasteiger partial charge on any atom is -0.484 e.